The highest BCUT2D eigenvalue weighted by Crippen LogP contribution is 2.19. The number of halogens is 1. The van der Waals surface area contributed by atoms with Gasteiger partial charge in [0.1, 0.15) is 6.04 Å². The lowest BCUT2D eigenvalue weighted by Crippen LogP contribution is -2.44. The minimum atomic E-state index is -1.38. The number of rotatable bonds is 5. The molecule has 8 heteroatoms. The lowest BCUT2D eigenvalue weighted by atomic mass is 10.2. The molecule has 0 aliphatic rings. The van der Waals surface area contributed by atoms with Crippen molar-refractivity contribution in [2.24, 2.45) is 0 Å². The zero-order valence-electron chi connectivity index (χ0n) is 11.5. The molecule has 7 nitrogen and oxygen atoms in total. The van der Waals surface area contributed by atoms with Crippen LogP contribution in [0.1, 0.15) is 12.0 Å². The molecule has 0 saturated heterocycles. The van der Waals surface area contributed by atoms with Crippen LogP contribution in [0.5, 0.6) is 0 Å². The monoisotopic (exact) mass is 314 g/mol. The summed E-state index contributed by atoms with van der Waals surface area (Å²) in [6.07, 6.45) is -0.465. The van der Waals surface area contributed by atoms with Gasteiger partial charge in [-0.1, -0.05) is 17.7 Å². The molecular formula is C13H15ClN2O5. The Kier molecular flexibility index (Phi) is 5.98. The lowest BCUT2D eigenvalue weighted by Gasteiger charge is -2.15. The minimum Gasteiger partial charge on any atom is -0.480 e. The van der Waals surface area contributed by atoms with Crippen molar-refractivity contribution in [2.45, 2.75) is 19.4 Å². The number of carbonyl (C=O) groups is 3. The van der Waals surface area contributed by atoms with E-state index in [0.717, 1.165) is 12.7 Å². The Morgan fingerprint density at radius 1 is 1.38 bits per heavy atom. The van der Waals surface area contributed by atoms with Crippen LogP contribution in [-0.2, 0) is 14.3 Å². The Labute approximate surface area is 126 Å². The molecule has 1 rings (SSSR count). The fourth-order valence-electron chi connectivity index (χ4n) is 1.50. The van der Waals surface area contributed by atoms with Gasteiger partial charge in [-0.05, 0) is 24.6 Å². The molecule has 0 heterocycles. The zero-order chi connectivity index (χ0) is 16.0. The van der Waals surface area contributed by atoms with Gasteiger partial charge in [0.15, 0.2) is 0 Å². The summed E-state index contributed by atoms with van der Waals surface area (Å²) < 4.78 is 4.37. The highest BCUT2D eigenvalue weighted by atomic mass is 35.5. The summed E-state index contributed by atoms with van der Waals surface area (Å²) >= 11 is 5.82. The summed E-state index contributed by atoms with van der Waals surface area (Å²) in [6.45, 7) is 1.76. The number of hydrogen-bond acceptors (Lipinski definition) is 4. The largest absolute Gasteiger partial charge is 0.480 e. The molecule has 0 radical (unpaired) electrons. The van der Waals surface area contributed by atoms with E-state index in [1.54, 1.807) is 19.1 Å². The predicted octanol–water partition coefficient (Wildman–Crippen LogP) is 1.79. The molecule has 0 bridgehead atoms. The van der Waals surface area contributed by atoms with Crippen molar-refractivity contribution in [3.05, 3.63) is 28.8 Å². The van der Waals surface area contributed by atoms with E-state index in [0.29, 0.717) is 10.7 Å². The maximum Gasteiger partial charge on any atom is 0.326 e. The third-order valence-corrected chi connectivity index (χ3v) is 2.88. The first-order valence-electron chi connectivity index (χ1n) is 5.96. The first-order valence-corrected chi connectivity index (χ1v) is 6.34. The molecule has 21 heavy (non-hydrogen) atoms. The summed E-state index contributed by atoms with van der Waals surface area (Å²) in [4.78, 5) is 33.9. The quantitative estimate of drug-likeness (QED) is 0.719. The molecule has 0 saturated carbocycles. The second-order valence-corrected chi connectivity index (χ2v) is 4.67. The number of anilines is 1. The normalized spacial score (nSPS) is 11.4. The van der Waals surface area contributed by atoms with Gasteiger partial charge in [0.2, 0.25) is 0 Å². The van der Waals surface area contributed by atoms with Gasteiger partial charge in [-0.2, -0.15) is 0 Å². The second kappa shape index (κ2) is 7.49. The van der Waals surface area contributed by atoms with Gasteiger partial charge in [-0.15, -0.1) is 0 Å². The third-order valence-electron chi connectivity index (χ3n) is 2.65. The summed E-state index contributed by atoms with van der Waals surface area (Å²) in [5.41, 5.74) is 1.21. The second-order valence-electron chi connectivity index (χ2n) is 4.23. The molecule has 1 atom stereocenters. The molecule has 0 unspecified atom stereocenters. The van der Waals surface area contributed by atoms with Crippen molar-refractivity contribution in [2.75, 3.05) is 12.4 Å². The van der Waals surface area contributed by atoms with Crippen molar-refractivity contribution in [1.29, 1.82) is 0 Å². The van der Waals surface area contributed by atoms with Gasteiger partial charge in [0.05, 0.1) is 13.5 Å². The highest BCUT2D eigenvalue weighted by molar-refractivity contribution is 6.31. The van der Waals surface area contributed by atoms with Gasteiger partial charge in [-0.3, -0.25) is 4.79 Å². The van der Waals surface area contributed by atoms with E-state index in [4.69, 9.17) is 16.7 Å². The zero-order valence-corrected chi connectivity index (χ0v) is 12.2. The van der Waals surface area contributed by atoms with Gasteiger partial charge < -0.3 is 20.5 Å². The maximum absolute atomic E-state index is 11.8. The summed E-state index contributed by atoms with van der Waals surface area (Å²) in [5, 5.41) is 14.1. The maximum atomic E-state index is 11.8. The first kappa shape index (κ1) is 16.8. The molecule has 1 aromatic rings. The predicted molar refractivity (Wildman–Crippen MR) is 76.4 cm³/mol. The van der Waals surface area contributed by atoms with Crippen LogP contribution in [0.25, 0.3) is 0 Å². The van der Waals surface area contributed by atoms with Crippen LogP contribution >= 0.6 is 11.6 Å². The molecule has 0 fully saturated rings. The number of nitrogens with one attached hydrogen (secondary N) is 2. The molecule has 3 N–H and O–H groups in total. The van der Waals surface area contributed by atoms with Crippen LogP contribution in [0.2, 0.25) is 5.02 Å². The first-order chi connectivity index (χ1) is 9.83. The SMILES string of the molecule is COC(=O)C[C@H](NC(=O)Nc1cc(Cl)ccc1C)C(=O)O. The molecule has 0 aliphatic heterocycles. The molecule has 1 aromatic carbocycles. The van der Waals surface area contributed by atoms with Crippen LogP contribution in [0.3, 0.4) is 0 Å². The van der Waals surface area contributed by atoms with Gasteiger partial charge in [-0.25, -0.2) is 9.59 Å². The van der Waals surface area contributed by atoms with E-state index >= 15 is 0 Å². The average Bonchev–Trinajstić information content (AvgIpc) is 2.41. The van der Waals surface area contributed by atoms with Crippen LogP contribution < -0.4 is 10.6 Å². The highest BCUT2D eigenvalue weighted by Gasteiger charge is 2.23. The number of carboxylic acid groups (broad SMARTS) is 1. The number of carboxylic acids is 1. The van der Waals surface area contributed by atoms with Gasteiger partial charge in [0, 0.05) is 10.7 Å². The average molecular weight is 315 g/mol. The number of methoxy groups -OCH3 is 1. The summed E-state index contributed by atoms with van der Waals surface area (Å²) in [6, 6.07) is 2.78. The summed E-state index contributed by atoms with van der Waals surface area (Å²) in [7, 11) is 1.14. The van der Waals surface area contributed by atoms with Crippen molar-refractivity contribution < 1.29 is 24.2 Å². The van der Waals surface area contributed by atoms with E-state index in [-0.39, 0.29) is 0 Å². The molecular weight excluding hydrogens is 300 g/mol. The topological polar surface area (TPSA) is 105 Å². The number of amides is 2. The van der Waals surface area contributed by atoms with Crippen LogP contribution in [0.15, 0.2) is 18.2 Å². The molecule has 0 aromatic heterocycles. The van der Waals surface area contributed by atoms with E-state index in [1.807, 2.05) is 0 Å². The van der Waals surface area contributed by atoms with Crippen LogP contribution in [0.4, 0.5) is 10.5 Å². The van der Waals surface area contributed by atoms with E-state index < -0.39 is 30.4 Å². The molecule has 0 aliphatic carbocycles. The van der Waals surface area contributed by atoms with Crippen molar-refractivity contribution >= 4 is 35.3 Å². The fourth-order valence-corrected chi connectivity index (χ4v) is 1.67. The number of urea groups is 1. The number of carbonyl (C=O) groups excluding carboxylic acids is 2. The molecule has 2 amide bonds. The van der Waals surface area contributed by atoms with E-state index in [1.165, 1.54) is 6.07 Å². The molecule has 0 spiro atoms. The van der Waals surface area contributed by atoms with Crippen molar-refractivity contribution in [3.8, 4) is 0 Å². The van der Waals surface area contributed by atoms with Crippen LogP contribution in [-0.4, -0.2) is 36.2 Å². The Hall–Kier alpha value is -2.28. The Morgan fingerprint density at radius 2 is 2.05 bits per heavy atom. The number of aliphatic carboxylic acids is 1. The minimum absolute atomic E-state index is 0.431. The van der Waals surface area contributed by atoms with Crippen LogP contribution in [0, 0.1) is 6.92 Å². The lowest BCUT2D eigenvalue weighted by molar-refractivity contribution is -0.147. The number of hydrogen-bond donors (Lipinski definition) is 3. The van der Waals surface area contributed by atoms with E-state index in [2.05, 4.69) is 15.4 Å². The Balaban J connectivity index is 2.72. The third kappa shape index (κ3) is 5.31. The number of esters is 1. The van der Waals surface area contributed by atoms with Gasteiger partial charge >= 0.3 is 18.0 Å². The smallest absolute Gasteiger partial charge is 0.326 e. The number of aryl methyl sites for hydroxylation is 1. The van der Waals surface area contributed by atoms with Gasteiger partial charge in [0.25, 0.3) is 0 Å². The fraction of sp³-hybridized carbons (Fsp3) is 0.308. The number of benzene rings is 1. The van der Waals surface area contributed by atoms with Crippen molar-refractivity contribution in [3.63, 3.8) is 0 Å². The standard InChI is InChI=1S/C13H15ClN2O5/c1-7-3-4-8(14)5-9(7)15-13(20)16-10(12(18)19)6-11(17)21-2/h3-5,10H,6H2,1-2H3,(H,18,19)(H2,15,16,20)/t10-/m0/s1. The van der Waals surface area contributed by atoms with Crippen molar-refractivity contribution in [1.82, 2.24) is 5.32 Å². The Bertz CT molecular complexity index is 561. The molecule has 114 valence electrons. The number of ether oxygens (including phenoxy) is 1. The van der Waals surface area contributed by atoms with E-state index in [9.17, 15) is 14.4 Å². The summed E-state index contributed by atoms with van der Waals surface area (Å²) in [5.74, 6) is -2.07. The Morgan fingerprint density at radius 3 is 2.62 bits per heavy atom.